The van der Waals surface area contributed by atoms with Gasteiger partial charge in [-0.15, -0.1) is 0 Å². The first-order valence-electron chi connectivity index (χ1n) is 6.54. The highest BCUT2D eigenvalue weighted by molar-refractivity contribution is 6.33. The van der Waals surface area contributed by atoms with Gasteiger partial charge in [0.1, 0.15) is 0 Å². The third-order valence-electron chi connectivity index (χ3n) is 2.85. The summed E-state index contributed by atoms with van der Waals surface area (Å²) >= 11 is 5.94. The Morgan fingerprint density at radius 1 is 1.38 bits per heavy atom. The van der Waals surface area contributed by atoms with E-state index in [0.717, 1.165) is 13.0 Å². The van der Waals surface area contributed by atoms with E-state index in [1.54, 1.807) is 0 Å². The summed E-state index contributed by atoms with van der Waals surface area (Å²) in [6.45, 7) is 2.76. The number of aromatic carboxylic acids is 1. The first kappa shape index (κ1) is 17.3. The quantitative estimate of drug-likeness (QED) is 0.753. The van der Waals surface area contributed by atoms with Crippen LogP contribution in [0.5, 0.6) is 0 Å². The highest BCUT2D eigenvalue weighted by Gasteiger charge is 2.12. The summed E-state index contributed by atoms with van der Waals surface area (Å²) in [5, 5.41) is 14.6. The number of carbonyl (C=O) groups is 2. The fourth-order valence-electron chi connectivity index (χ4n) is 1.66. The minimum atomic E-state index is -1.07. The number of hydrogen-bond acceptors (Lipinski definition) is 3. The van der Waals surface area contributed by atoms with Crippen molar-refractivity contribution in [2.45, 2.75) is 19.4 Å². The molecule has 0 heterocycles. The Bertz CT molecular complexity index is 520. The minimum Gasteiger partial charge on any atom is -0.478 e. The van der Waals surface area contributed by atoms with Gasteiger partial charge in [-0.3, -0.25) is 0 Å². The molecule has 0 saturated carbocycles. The molecule has 3 N–H and O–H groups in total. The van der Waals surface area contributed by atoms with E-state index in [-0.39, 0.29) is 22.3 Å². The summed E-state index contributed by atoms with van der Waals surface area (Å²) < 4.78 is 0. The van der Waals surface area contributed by atoms with Crippen LogP contribution in [0.3, 0.4) is 0 Å². The number of carboxylic acids is 1. The third kappa shape index (κ3) is 6.01. The predicted octanol–water partition coefficient (Wildman–Crippen LogP) is 2.50. The van der Waals surface area contributed by atoms with Crippen LogP contribution in [0, 0.1) is 0 Å². The number of carboxylic acid groups (broad SMARTS) is 1. The maximum Gasteiger partial charge on any atom is 0.335 e. The van der Waals surface area contributed by atoms with Crippen molar-refractivity contribution in [1.82, 2.24) is 10.2 Å². The molecule has 116 valence electrons. The van der Waals surface area contributed by atoms with Crippen molar-refractivity contribution in [2.24, 2.45) is 0 Å². The lowest BCUT2D eigenvalue weighted by Gasteiger charge is -2.17. The summed E-state index contributed by atoms with van der Waals surface area (Å²) in [5.41, 5.74) is 0.337. The van der Waals surface area contributed by atoms with Crippen LogP contribution in [0.1, 0.15) is 23.7 Å². The van der Waals surface area contributed by atoms with E-state index in [2.05, 4.69) is 10.6 Å². The third-order valence-corrected chi connectivity index (χ3v) is 3.18. The molecule has 1 unspecified atom stereocenters. The Morgan fingerprint density at radius 2 is 2.05 bits per heavy atom. The average Bonchev–Trinajstić information content (AvgIpc) is 2.38. The number of nitrogens with one attached hydrogen (secondary N) is 2. The Morgan fingerprint density at radius 3 is 2.62 bits per heavy atom. The molecule has 0 saturated heterocycles. The topological polar surface area (TPSA) is 81.7 Å². The summed E-state index contributed by atoms with van der Waals surface area (Å²) in [7, 11) is 3.92. The normalized spacial score (nSPS) is 12.0. The van der Waals surface area contributed by atoms with E-state index in [1.807, 2.05) is 25.9 Å². The van der Waals surface area contributed by atoms with E-state index in [0.29, 0.717) is 0 Å². The van der Waals surface area contributed by atoms with Crippen LogP contribution in [0.2, 0.25) is 5.02 Å². The number of benzene rings is 1. The van der Waals surface area contributed by atoms with Crippen molar-refractivity contribution < 1.29 is 14.7 Å². The van der Waals surface area contributed by atoms with Crippen LogP contribution in [-0.2, 0) is 0 Å². The summed E-state index contributed by atoms with van der Waals surface area (Å²) in [6.07, 6.45) is 0.809. The molecule has 0 bridgehead atoms. The van der Waals surface area contributed by atoms with Crippen LogP contribution in [0.25, 0.3) is 0 Å². The SMILES string of the molecule is CC(CCN(C)C)NC(=O)Nc1cc(C(=O)O)ccc1Cl. The second-order valence-electron chi connectivity index (χ2n) is 5.09. The maximum absolute atomic E-state index is 11.9. The number of urea groups is 1. The number of halogens is 1. The summed E-state index contributed by atoms with van der Waals surface area (Å²) in [6, 6.07) is 3.73. The molecule has 0 spiro atoms. The molecule has 6 nitrogen and oxygen atoms in total. The van der Waals surface area contributed by atoms with Crippen LogP contribution >= 0.6 is 11.6 Å². The van der Waals surface area contributed by atoms with Gasteiger partial charge in [-0.2, -0.15) is 0 Å². The average molecular weight is 314 g/mol. The van der Waals surface area contributed by atoms with Crippen LogP contribution in [0.15, 0.2) is 18.2 Å². The molecule has 1 aromatic carbocycles. The molecular weight excluding hydrogens is 294 g/mol. The number of hydrogen-bond donors (Lipinski definition) is 3. The first-order valence-corrected chi connectivity index (χ1v) is 6.92. The zero-order valence-electron chi connectivity index (χ0n) is 12.3. The standard InChI is InChI=1S/C14H20ClN3O3/c1-9(6-7-18(2)3)16-14(21)17-12-8-10(13(19)20)4-5-11(12)15/h4-5,8-9H,6-7H2,1-3H3,(H,19,20)(H2,16,17,21). The molecule has 0 aliphatic carbocycles. The highest BCUT2D eigenvalue weighted by Crippen LogP contribution is 2.23. The van der Waals surface area contributed by atoms with Gasteiger partial charge < -0.3 is 20.6 Å². The van der Waals surface area contributed by atoms with E-state index >= 15 is 0 Å². The monoisotopic (exact) mass is 313 g/mol. The zero-order valence-corrected chi connectivity index (χ0v) is 13.1. The van der Waals surface area contributed by atoms with Crippen molar-refractivity contribution >= 4 is 29.3 Å². The largest absolute Gasteiger partial charge is 0.478 e. The Labute approximate surface area is 129 Å². The fraction of sp³-hybridized carbons (Fsp3) is 0.429. The molecule has 0 aliphatic heterocycles. The van der Waals surface area contributed by atoms with Crippen molar-refractivity contribution in [3.63, 3.8) is 0 Å². The fourth-order valence-corrected chi connectivity index (χ4v) is 1.83. The zero-order chi connectivity index (χ0) is 16.0. The van der Waals surface area contributed by atoms with E-state index in [9.17, 15) is 9.59 Å². The molecule has 0 aromatic heterocycles. The Hall–Kier alpha value is -1.79. The number of anilines is 1. The van der Waals surface area contributed by atoms with E-state index in [1.165, 1.54) is 18.2 Å². The van der Waals surface area contributed by atoms with Crippen LogP contribution < -0.4 is 10.6 Å². The van der Waals surface area contributed by atoms with Crippen molar-refractivity contribution in [3.05, 3.63) is 28.8 Å². The van der Waals surface area contributed by atoms with Gasteiger partial charge in [-0.25, -0.2) is 9.59 Å². The van der Waals surface area contributed by atoms with Gasteiger partial charge in [0.25, 0.3) is 0 Å². The molecular formula is C14H20ClN3O3. The van der Waals surface area contributed by atoms with Crippen LogP contribution in [-0.4, -0.2) is 48.7 Å². The second kappa shape index (κ2) is 7.85. The van der Waals surface area contributed by atoms with Gasteiger partial charge in [-0.05, 0) is 52.2 Å². The van der Waals surface area contributed by atoms with Gasteiger partial charge in [0.05, 0.1) is 16.3 Å². The summed E-state index contributed by atoms with van der Waals surface area (Å²) in [4.78, 5) is 24.8. The lowest BCUT2D eigenvalue weighted by Crippen LogP contribution is -2.37. The number of amides is 2. The molecule has 1 aromatic rings. The highest BCUT2D eigenvalue weighted by atomic mass is 35.5. The second-order valence-corrected chi connectivity index (χ2v) is 5.50. The van der Waals surface area contributed by atoms with Gasteiger partial charge in [-0.1, -0.05) is 11.6 Å². The van der Waals surface area contributed by atoms with Gasteiger partial charge >= 0.3 is 12.0 Å². The minimum absolute atomic E-state index is 0.00571. The van der Waals surface area contributed by atoms with Crippen molar-refractivity contribution in [2.75, 3.05) is 26.0 Å². The van der Waals surface area contributed by atoms with Gasteiger partial charge in [0, 0.05) is 6.04 Å². The maximum atomic E-state index is 11.9. The molecule has 1 atom stereocenters. The first-order chi connectivity index (χ1) is 9.79. The Balaban J connectivity index is 2.62. The lowest BCUT2D eigenvalue weighted by molar-refractivity contribution is 0.0697. The van der Waals surface area contributed by atoms with Gasteiger partial charge in [0.2, 0.25) is 0 Å². The smallest absolute Gasteiger partial charge is 0.335 e. The molecule has 0 aliphatic rings. The van der Waals surface area contributed by atoms with E-state index in [4.69, 9.17) is 16.7 Å². The van der Waals surface area contributed by atoms with E-state index < -0.39 is 12.0 Å². The molecule has 7 heteroatoms. The molecule has 0 fully saturated rings. The Kier molecular flexibility index (Phi) is 6.45. The molecule has 21 heavy (non-hydrogen) atoms. The number of carbonyl (C=O) groups excluding carboxylic acids is 1. The molecule has 1 rings (SSSR count). The van der Waals surface area contributed by atoms with Crippen molar-refractivity contribution in [1.29, 1.82) is 0 Å². The molecule has 0 radical (unpaired) electrons. The van der Waals surface area contributed by atoms with Crippen LogP contribution in [0.4, 0.5) is 10.5 Å². The predicted molar refractivity (Wildman–Crippen MR) is 83.2 cm³/mol. The summed E-state index contributed by atoms with van der Waals surface area (Å²) in [5.74, 6) is -1.07. The van der Waals surface area contributed by atoms with Gasteiger partial charge in [0.15, 0.2) is 0 Å². The van der Waals surface area contributed by atoms with Crippen molar-refractivity contribution in [3.8, 4) is 0 Å². The number of nitrogens with zero attached hydrogens (tertiary/aromatic N) is 1. The number of rotatable bonds is 6. The lowest BCUT2D eigenvalue weighted by atomic mass is 10.2. The molecule has 2 amide bonds.